The van der Waals surface area contributed by atoms with E-state index in [4.69, 9.17) is 0 Å². The standard InChI is InChI=1S/C12H20/c1-2-5-9-12(8-4-1)10-6-3-7-11-12/h8,10H,1-7,9,11H2. The van der Waals surface area contributed by atoms with E-state index in [0.717, 1.165) is 0 Å². The van der Waals surface area contributed by atoms with Gasteiger partial charge in [-0.15, -0.1) is 0 Å². The summed E-state index contributed by atoms with van der Waals surface area (Å²) in [5, 5.41) is 0. The Morgan fingerprint density at radius 1 is 0.667 bits per heavy atom. The van der Waals surface area contributed by atoms with Gasteiger partial charge in [0.1, 0.15) is 0 Å². The normalized spacial score (nSPS) is 30.0. The molecule has 1 atom stereocenters. The quantitative estimate of drug-likeness (QED) is 0.509. The Hall–Kier alpha value is 0. The first kappa shape index (κ1) is 8.59. The first-order valence-corrected chi connectivity index (χ1v) is 5.60. The molecule has 2 aliphatic carbocycles. The lowest BCUT2D eigenvalue weighted by molar-refractivity contribution is 0.290. The van der Waals surface area contributed by atoms with Gasteiger partial charge in [0, 0.05) is 0 Å². The van der Waals surface area contributed by atoms with Gasteiger partial charge >= 0.3 is 0 Å². The molecule has 2 radical (unpaired) electrons. The van der Waals surface area contributed by atoms with E-state index in [1.165, 1.54) is 57.8 Å². The van der Waals surface area contributed by atoms with Crippen molar-refractivity contribution in [3.8, 4) is 0 Å². The molecule has 1 spiro atoms. The molecule has 2 fully saturated rings. The second-order valence-electron chi connectivity index (χ2n) is 4.49. The topological polar surface area (TPSA) is 0 Å². The molecule has 0 aromatic carbocycles. The van der Waals surface area contributed by atoms with Crippen molar-refractivity contribution in [3.63, 3.8) is 0 Å². The molecule has 0 bridgehead atoms. The molecule has 0 nitrogen and oxygen atoms in total. The largest absolute Gasteiger partial charge is 0.0533 e. The van der Waals surface area contributed by atoms with Gasteiger partial charge in [-0.2, -0.15) is 0 Å². The van der Waals surface area contributed by atoms with Crippen LogP contribution in [-0.4, -0.2) is 0 Å². The van der Waals surface area contributed by atoms with Gasteiger partial charge < -0.3 is 0 Å². The molecule has 0 N–H and O–H groups in total. The highest BCUT2D eigenvalue weighted by atomic mass is 14.4. The minimum Gasteiger partial charge on any atom is -0.0533 e. The molecule has 2 aliphatic rings. The first-order valence-electron chi connectivity index (χ1n) is 5.60. The first-order chi connectivity index (χ1) is 5.91. The molecule has 2 saturated carbocycles. The summed E-state index contributed by atoms with van der Waals surface area (Å²) < 4.78 is 0. The smallest absolute Gasteiger partial charge is 0.0235 e. The molecule has 0 aromatic rings. The van der Waals surface area contributed by atoms with Gasteiger partial charge in [-0.05, 0) is 43.9 Å². The molecule has 0 heterocycles. The van der Waals surface area contributed by atoms with E-state index in [1.807, 2.05) is 0 Å². The Balaban J connectivity index is 1.95. The summed E-state index contributed by atoms with van der Waals surface area (Å²) in [5.74, 6) is 0. The summed E-state index contributed by atoms with van der Waals surface area (Å²) in [5.41, 5.74) is 0.592. The van der Waals surface area contributed by atoms with Crippen LogP contribution < -0.4 is 0 Å². The summed E-state index contributed by atoms with van der Waals surface area (Å²) in [6.45, 7) is 0. The molecule has 12 heavy (non-hydrogen) atoms. The molecule has 0 aromatic heterocycles. The third kappa shape index (κ3) is 1.84. The second kappa shape index (κ2) is 3.81. The molecule has 0 heteroatoms. The van der Waals surface area contributed by atoms with Crippen LogP contribution >= 0.6 is 0 Å². The van der Waals surface area contributed by atoms with Crippen molar-refractivity contribution in [2.45, 2.75) is 57.8 Å². The lowest BCUT2D eigenvalue weighted by atomic mass is 9.69. The highest BCUT2D eigenvalue weighted by Crippen LogP contribution is 2.44. The predicted molar refractivity (Wildman–Crippen MR) is 52.6 cm³/mol. The minimum absolute atomic E-state index is 0.592. The summed E-state index contributed by atoms with van der Waals surface area (Å²) in [4.78, 5) is 0. The summed E-state index contributed by atoms with van der Waals surface area (Å²) in [6, 6.07) is 0. The van der Waals surface area contributed by atoms with Gasteiger partial charge in [0.2, 0.25) is 0 Å². The monoisotopic (exact) mass is 164 g/mol. The van der Waals surface area contributed by atoms with Gasteiger partial charge in [0.15, 0.2) is 0 Å². The van der Waals surface area contributed by atoms with Crippen LogP contribution in [0.25, 0.3) is 0 Å². The number of rotatable bonds is 0. The fourth-order valence-electron chi connectivity index (χ4n) is 2.77. The molecule has 1 unspecified atom stereocenters. The van der Waals surface area contributed by atoms with Crippen LogP contribution in [0.15, 0.2) is 0 Å². The van der Waals surface area contributed by atoms with Gasteiger partial charge in [0.05, 0.1) is 0 Å². The van der Waals surface area contributed by atoms with Crippen molar-refractivity contribution in [3.05, 3.63) is 12.8 Å². The van der Waals surface area contributed by atoms with E-state index >= 15 is 0 Å². The van der Waals surface area contributed by atoms with E-state index < -0.39 is 0 Å². The Morgan fingerprint density at radius 3 is 1.92 bits per heavy atom. The third-order valence-corrected chi connectivity index (χ3v) is 3.54. The average Bonchev–Trinajstić information content (AvgIpc) is 2.33. The van der Waals surface area contributed by atoms with E-state index in [2.05, 4.69) is 12.8 Å². The molecular weight excluding hydrogens is 144 g/mol. The predicted octanol–water partition coefficient (Wildman–Crippen LogP) is 3.92. The van der Waals surface area contributed by atoms with Crippen LogP contribution in [0.3, 0.4) is 0 Å². The molecule has 0 saturated heterocycles. The summed E-state index contributed by atoms with van der Waals surface area (Å²) in [7, 11) is 0. The minimum atomic E-state index is 0.592. The lowest BCUT2D eigenvalue weighted by Crippen LogP contribution is -2.24. The van der Waals surface area contributed by atoms with Crippen LogP contribution in [-0.2, 0) is 0 Å². The van der Waals surface area contributed by atoms with Gasteiger partial charge in [0.25, 0.3) is 0 Å². The third-order valence-electron chi connectivity index (χ3n) is 3.54. The maximum atomic E-state index is 2.62. The molecule has 2 rings (SSSR count). The van der Waals surface area contributed by atoms with Crippen molar-refractivity contribution in [1.82, 2.24) is 0 Å². The van der Waals surface area contributed by atoms with Crippen molar-refractivity contribution in [2.24, 2.45) is 5.41 Å². The zero-order chi connectivity index (χ0) is 8.28. The Kier molecular flexibility index (Phi) is 2.73. The van der Waals surface area contributed by atoms with Crippen LogP contribution in [0.4, 0.5) is 0 Å². The van der Waals surface area contributed by atoms with Crippen LogP contribution in [0.2, 0.25) is 0 Å². The maximum Gasteiger partial charge on any atom is -0.0235 e. The van der Waals surface area contributed by atoms with E-state index in [-0.39, 0.29) is 0 Å². The second-order valence-corrected chi connectivity index (χ2v) is 4.49. The van der Waals surface area contributed by atoms with Crippen molar-refractivity contribution in [1.29, 1.82) is 0 Å². The zero-order valence-electron chi connectivity index (χ0n) is 8.02. The van der Waals surface area contributed by atoms with Crippen molar-refractivity contribution in [2.75, 3.05) is 0 Å². The zero-order valence-corrected chi connectivity index (χ0v) is 8.02. The maximum absolute atomic E-state index is 2.62. The van der Waals surface area contributed by atoms with Crippen LogP contribution in [0.1, 0.15) is 57.8 Å². The van der Waals surface area contributed by atoms with E-state index in [9.17, 15) is 0 Å². The van der Waals surface area contributed by atoms with Crippen molar-refractivity contribution >= 4 is 0 Å². The lowest BCUT2D eigenvalue weighted by Gasteiger charge is -2.36. The van der Waals surface area contributed by atoms with Gasteiger partial charge in [-0.3, -0.25) is 0 Å². The van der Waals surface area contributed by atoms with Gasteiger partial charge in [-0.25, -0.2) is 0 Å². The molecule has 68 valence electrons. The number of hydrogen-bond acceptors (Lipinski definition) is 0. The summed E-state index contributed by atoms with van der Waals surface area (Å²) >= 11 is 0. The highest BCUT2D eigenvalue weighted by Gasteiger charge is 2.32. The summed E-state index contributed by atoms with van der Waals surface area (Å²) in [6.07, 6.45) is 18.2. The molecular formula is C12H20. The number of hydrogen-bond donors (Lipinski definition) is 0. The fourth-order valence-corrected chi connectivity index (χ4v) is 2.77. The SMILES string of the molecule is [CH]1CCCCCC12[CH]CCCC2. The van der Waals surface area contributed by atoms with Crippen LogP contribution in [0, 0.1) is 18.3 Å². The Bertz CT molecular complexity index is 121. The fraction of sp³-hybridized carbons (Fsp3) is 0.833. The highest BCUT2D eigenvalue weighted by molar-refractivity contribution is 5.04. The molecule has 0 amide bonds. The van der Waals surface area contributed by atoms with Gasteiger partial charge in [-0.1, -0.05) is 32.1 Å². The van der Waals surface area contributed by atoms with Crippen molar-refractivity contribution < 1.29 is 0 Å². The van der Waals surface area contributed by atoms with E-state index in [1.54, 1.807) is 0 Å². The Labute approximate surface area is 76.7 Å². The molecule has 0 aliphatic heterocycles. The van der Waals surface area contributed by atoms with Crippen LogP contribution in [0.5, 0.6) is 0 Å². The average molecular weight is 164 g/mol. The van der Waals surface area contributed by atoms with E-state index in [0.29, 0.717) is 5.41 Å². The Morgan fingerprint density at radius 2 is 1.25 bits per heavy atom.